The molecular weight excluding hydrogens is 287 g/mol. The van der Waals surface area contributed by atoms with E-state index in [-0.39, 0.29) is 0 Å². The van der Waals surface area contributed by atoms with Crippen molar-refractivity contribution >= 4 is 27.2 Å². The Kier molecular flexibility index (Phi) is 4.01. The van der Waals surface area contributed by atoms with Crippen molar-refractivity contribution < 1.29 is 9.13 Å². The van der Waals surface area contributed by atoms with Gasteiger partial charge < -0.3 is 10.5 Å². The first kappa shape index (κ1) is 13.8. The van der Waals surface area contributed by atoms with Crippen LogP contribution < -0.4 is 10.5 Å². The minimum atomic E-state index is -0.390. The SMILES string of the molecule is Nc1ccc(-c2nc3ccccc3s2)c(OCCCF)c1. The Labute approximate surface area is 126 Å². The fraction of sp³-hybridized carbons (Fsp3) is 0.188. The van der Waals surface area contributed by atoms with Crippen LogP contribution in [0.1, 0.15) is 6.42 Å². The highest BCUT2D eigenvalue weighted by molar-refractivity contribution is 7.21. The predicted molar refractivity (Wildman–Crippen MR) is 85.6 cm³/mol. The maximum absolute atomic E-state index is 12.2. The third-order valence-corrected chi connectivity index (χ3v) is 4.14. The molecule has 21 heavy (non-hydrogen) atoms. The van der Waals surface area contributed by atoms with Gasteiger partial charge in [0.2, 0.25) is 0 Å². The standard InChI is InChI=1S/C16H15FN2OS/c17-8-3-9-20-14-10-11(18)6-7-12(14)16-19-13-4-1-2-5-15(13)21-16/h1-2,4-7,10H,3,8-9,18H2. The Morgan fingerprint density at radius 3 is 2.86 bits per heavy atom. The van der Waals surface area contributed by atoms with Crippen LogP contribution in [-0.2, 0) is 0 Å². The smallest absolute Gasteiger partial charge is 0.131 e. The van der Waals surface area contributed by atoms with Crippen molar-refractivity contribution in [2.45, 2.75) is 6.42 Å². The number of aromatic nitrogens is 1. The van der Waals surface area contributed by atoms with Crippen LogP contribution in [0, 0.1) is 0 Å². The third-order valence-electron chi connectivity index (χ3n) is 3.07. The Balaban J connectivity index is 1.99. The molecule has 5 heteroatoms. The van der Waals surface area contributed by atoms with E-state index < -0.39 is 6.67 Å². The van der Waals surface area contributed by atoms with Crippen LogP contribution in [0.25, 0.3) is 20.8 Å². The largest absolute Gasteiger partial charge is 0.493 e. The topological polar surface area (TPSA) is 48.1 Å². The van der Waals surface area contributed by atoms with Gasteiger partial charge >= 0.3 is 0 Å². The molecule has 2 aromatic carbocycles. The molecule has 0 aliphatic heterocycles. The minimum absolute atomic E-state index is 0.331. The average molecular weight is 302 g/mol. The average Bonchev–Trinajstić information content (AvgIpc) is 2.91. The molecule has 0 atom stereocenters. The third kappa shape index (κ3) is 2.97. The van der Waals surface area contributed by atoms with Crippen LogP contribution in [0.2, 0.25) is 0 Å². The maximum atomic E-state index is 12.2. The highest BCUT2D eigenvalue weighted by Crippen LogP contribution is 2.36. The highest BCUT2D eigenvalue weighted by Gasteiger charge is 2.12. The Bertz CT molecular complexity index is 724. The van der Waals surface area contributed by atoms with E-state index in [9.17, 15) is 4.39 Å². The number of nitrogens with two attached hydrogens (primary N) is 1. The summed E-state index contributed by atoms with van der Waals surface area (Å²) in [6.07, 6.45) is 0.369. The molecule has 0 spiro atoms. The van der Waals surface area contributed by atoms with Crippen molar-refractivity contribution in [1.29, 1.82) is 0 Å². The number of hydrogen-bond acceptors (Lipinski definition) is 4. The fourth-order valence-corrected chi connectivity index (χ4v) is 3.05. The molecule has 0 saturated heterocycles. The molecule has 0 saturated carbocycles. The second kappa shape index (κ2) is 6.10. The molecule has 0 aliphatic carbocycles. The quantitative estimate of drug-likeness (QED) is 0.565. The molecule has 0 fully saturated rings. The van der Waals surface area contributed by atoms with E-state index in [0.717, 1.165) is 20.8 Å². The maximum Gasteiger partial charge on any atom is 0.131 e. The van der Waals surface area contributed by atoms with E-state index in [1.54, 1.807) is 17.4 Å². The number of benzene rings is 2. The lowest BCUT2D eigenvalue weighted by Crippen LogP contribution is -2.00. The molecule has 0 amide bonds. The van der Waals surface area contributed by atoms with Gasteiger partial charge in [-0.2, -0.15) is 0 Å². The van der Waals surface area contributed by atoms with Crippen molar-refractivity contribution in [3.05, 3.63) is 42.5 Å². The summed E-state index contributed by atoms with van der Waals surface area (Å²) in [5.41, 5.74) is 8.29. The van der Waals surface area contributed by atoms with Crippen LogP contribution in [0.3, 0.4) is 0 Å². The van der Waals surface area contributed by atoms with Gasteiger partial charge in [-0.3, -0.25) is 4.39 Å². The van der Waals surface area contributed by atoms with Crippen LogP contribution in [0.15, 0.2) is 42.5 Å². The number of fused-ring (bicyclic) bond motifs is 1. The molecule has 0 aliphatic rings. The van der Waals surface area contributed by atoms with Gasteiger partial charge in [0, 0.05) is 18.2 Å². The van der Waals surface area contributed by atoms with Gasteiger partial charge in [-0.05, 0) is 24.3 Å². The number of anilines is 1. The number of ether oxygens (including phenoxy) is 1. The molecule has 3 nitrogen and oxygen atoms in total. The summed E-state index contributed by atoms with van der Waals surface area (Å²) in [6, 6.07) is 13.5. The van der Waals surface area contributed by atoms with Gasteiger partial charge in [-0.25, -0.2) is 4.98 Å². The lowest BCUT2D eigenvalue weighted by molar-refractivity contribution is 0.291. The second-order valence-electron chi connectivity index (χ2n) is 4.63. The first-order valence-corrected chi connectivity index (χ1v) is 7.54. The number of hydrogen-bond donors (Lipinski definition) is 1. The van der Waals surface area contributed by atoms with Crippen molar-refractivity contribution in [3.63, 3.8) is 0 Å². The lowest BCUT2D eigenvalue weighted by Gasteiger charge is -2.10. The number of para-hydroxylation sites is 1. The number of alkyl halides is 1. The van der Waals surface area contributed by atoms with Gasteiger partial charge in [0.15, 0.2) is 0 Å². The van der Waals surface area contributed by atoms with Crippen LogP contribution in [-0.4, -0.2) is 18.3 Å². The molecule has 0 unspecified atom stereocenters. The van der Waals surface area contributed by atoms with Crippen molar-refractivity contribution in [1.82, 2.24) is 4.98 Å². The molecule has 3 rings (SSSR count). The Morgan fingerprint density at radius 1 is 1.19 bits per heavy atom. The first-order valence-electron chi connectivity index (χ1n) is 6.72. The van der Waals surface area contributed by atoms with Gasteiger partial charge in [0.25, 0.3) is 0 Å². The monoisotopic (exact) mass is 302 g/mol. The Morgan fingerprint density at radius 2 is 2.05 bits per heavy atom. The summed E-state index contributed by atoms with van der Waals surface area (Å²) in [6.45, 7) is -0.0589. The molecule has 0 radical (unpaired) electrons. The highest BCUT2D eigenvalue weighted by atomic mass is 32.1. The number of nitrogen functional groups attached to an aromatic ring is 1. The number of nitrogens with zero attached hydrogens (tertiary/aromatic N) is 1. The van der Waals surface area contributed by atoms with Crippen molar-refractivity contribution in [3.8, 4) is 16.3 Å². The predicted octanol–water partition coefficient (Wildman–Crippen LogP) is 4.28. The van der Waals surface area contributed by atoms with E-state index >= 15 is 0 Å². The molecule has 0 bridgehead atoms. The molecule has 3 aromatic rings. The zero-order valence-corrected chi connectivity index (χ0v) is 12.2. The summed E-state index contributed by atoms with van der Waals surface area (Å²) in [5, 5.41) is 0.881. The normalized spacial score (nSPS) is 10.9. The molecule has 2 N–H and O–H groups in total. The van der Waals surface area contributed by atoms with Gasteiger partial charge in [-0.15, -0.1) is 11.3 Å². The van der Waals surface area contributed by atoms with Gasteiger partial charge in [0.05, 0.1) is 29.1 Å². The van der Waals surface area contributed by atoms with Gasteiger partial charge in [-0.1, -0.05) is 12.1 Å². The van der Waals surface area contributed by atoms with E-state index in [1.807, 2.05) is 36.4 Å². The van der Waals surface area contributed by atoms with E-state index in [4.69, 9.17) is 10.5 Å². The molecule has 1 heterocycles. The Hall–Kier alpha value is -2.14. The van der Waals surface area contributed by atoms with E-state index in [1.165, 1.54) is 0 Å². The van der Waals surface area contributed by atoms with Crippen molar-refractivity contribution in [2.24, 2.45) is 0 Å². The number of thiazole rings is 1. The summed E-state index contributed by atoms with van der Waals surface area (Å²) >= 11 is 1.60. The summed E-state index contributed by atoms with van der Waals surface area (Å²) in [4.78, 5) is 4.63. The van der Waals surface area contributed by atoms with Gasteiger partial charge in [0.1, 0.15) is 10.8 Å². The van der Waals surface area contributed by atoms with E-state index in [0.29, 0.717) is 24.5 Å². The zero-order chi connectivity index (χ0) is 14.7. The minimum Gasteiger partial charge on any atom is -0.493 e. The fourth-order valence-electron chi connectivity index (χ4n) is 2.06. The summed E-state index contributed by atoms with van der Waals surface area (Å²) in [5.74, 6) is 0.655. The molecule has 1 aromatic heterocycles. The van der Waals surface area contributed by atoms with Crippen LogP contribution in [0.5, 0.6) is 5.75 Å². The van der Waals surface area contributed by atoms with Crippen molar-refractivity contribution in [2.75, 3.05) is 19.0 Å². The zero-order valence-electron chi connectivity index (χ0n) is 11.4. The molecule has 108 valence electrons. The van der Waals surface area contributed by atoms with Crippen LogP contribution in [0.4, 0.5) is 10.1 Å². The number of halogens is 1. The first-order chi connectivity index (χ1) is 10.3. The summed E-state index contributed by atoms with van der Waals surface area (Å²) in [7, 11) is 0. The lowest BCUT2D eigenvalue weighted by atomic mass is 10.2. The van der Waals surface area contributed by atoms with Crippen LogP contribution >= 0.6 is 11.3 Å². The molecular formula is C16H15FN2OS. The second-order valence-corrected chi connectivity index (χ2v) is 5.66. The summed E-state index contributed by atoms with van der Waals surface area (Å²) < 4.78 is 19.0. The van der Waals surface area contributed by atoms with E-state index in [2.05, 4.69) is 4.98 Å². The number of rotatable bonds is 5.